The second-order valence-corrected chi connectivity index (χ2v) is 9.04. The van der Waals surface area contributed by atoms with Crippen LogP contribution in [0.2, 0.25) is 0 Å². The lowest BCUT2D eigenvalue weighted by molar-refractivity contribution is 0.0353. The fraction of sp³-hybridized carbons (Fsp3) is 0.407. The number of aromatic hydroxyl groups is 1. The number of fused-ring (bicyclic) bond motifs is 2. The maximum Gasteiger partial charge on any atom is 0.290 e. The van der Waals surface area contributed by atoms with Gasteiger partial charge in [-0.05, 0) is 50.1 Å². The lowest BCUT2D eigenvalue weighted by atomic mass is 9.97. The molecule has 1 atom stereocenters. The summed E-state index contributed by atoms with van der Waals surface area (Å²) in [5.41, 5.74) is 2.18. The van der Waals surface area contributed by atoms with Crippen molar-refractivity contribution in [3.05, 3.63) is 69.1 Å². The Labute approximate surface area is 203 Å². The molecule has 2 aromatic carbocycles. The van der Waals surface area contributed by atoms with E-state index in [4.69, 9.17) is 13.9 Å². The van der Waals surface area contributed by atoms with Gasteiger partial charge in [-0.3, -0.25) is 14.5 Å². The molecule has 0 bridgehead atoms. The molecule has 0 saturated carbocycles. The fourth-order valence-electron chi connectivity index (χ4n) is 4.97. The number of hydrogen-bond donors (Lipinski definition) is 1. The largest absolute Gasteiger partial charge is 0.504 e. The maximum absolute atomic E-state index is 13.7. The van der Waals surface area contributed by atoms with Crippen LogP contribution in [0, 0.1) is 6.92 Å². The van der Waals surface area contributed by atoms with Gasteiger partial charge in [0.25, 0.3) is 5.91 Å². The summed E-state index contributed by atoms with van der Waals surface area (Å²) in [6, 6.07) is 9.77. The first-order valence-electron chi connectivity index (χ1n) is 12.1. The van der Waals surface area contributed by atoms with Crippen molar-refractivity contribution in [2.45, 2.75) is 26.3 Å². The van der Waals surface area contributed by atoms with Crippen LogP contribution in [0.25, 0.3) is 11.0 Å². The highest BCUT2D eigenvalue weighted by Crippen LogP contribution is 2.40. The van der Waals surface area contributed by atoms with E-state index in [0.717, 1.165) is 44.8 Å². The Hall–Kier alpha value is -3.36. The number of benzene rings is 2. The average molecular weight is 479 g/mol. The van der Waals surface area contributed by atoms with Gasteiger partial charge in [0.15, 0.2) is 16.9 Å². The molecule has 1 aromatic heterocycles. The first-order valence-corrected chi connectivity index (χ1v) is 12.1. The number of nitrogens with zero attached hydrogens (tertiary/aromatic N) is 2. The molecule has 1 saturated heterocycles. The first-order chi connectivity index (χ1) is 17.0. The summed E-state index contributed by atoms with van der Waals surface area (Å²) in [7, 11) is 0. The molecule has 0 spiro atoms. The number of amides is 1. The number of phenolic OH excluding ortho intramolecular Hbond substituents is 1. The van der Waals surface area contributed by atoms with Crippen molar-refractivity contribution < 1.29 is 23.8 Å². The van der Waals surface area contributed by atoms with Gasteiger partial charge in [-0.15, -0.1) is 0 Å². The Morgan fingerprint density at radius 1 is 1.09 bits per heavy atom. The van der Waals surface area contributed by atoms with Crippen LogP contribution in [-0.4, -0.2) is 66.8 Å². The van der Waals surface area contributed by atoms with E-state index in [9.17, 15) is 14.7 Å². The summed E-state index contributed by atoms with van der Waals surface area (Å²) in [6.07, 6.45) is 0.749. The number of ether oxygens (including phenoxy) is 2. The third kappa shape index (κ3) is 4.39. The quantitative estimate of drug-likeness (QED) is 0.556. The zero-order chi connectivity index (χ0) is 24.5. The number of hydrogen-bond acceptors (Lipinski definition) is 7. The molecule has 3 aromatic rings. The average Bonchev–Trinajstić information content (AvgIpc) is 3.14. The monoisotopic (exact) mass is 478 g/mol. The highest BCUT2D eigenvalue weighted by atomic mass is 16.5. The molecule has 2 aliphatic rings. The van der Waals surface area contributed by atoms with Crippen LogP contribution in [-0.2, 0) is 4.74 Å². The van der Waals surface area contributed by atoms with E-state index in [0.29, 0.717) is 41.0 Å². The molecule has 8 nitrogen and oxygen atoms in total. The van der Waals surface area contributed by atoms with Crippen LogP contribution < -0.4 is 10.2 Å². The topological polar surface area (TPSA) is 92.5 Å². The standard InChI is InChI=1S/C27H30N2O6/c1-3-34-22-16-18(6-7-20(22)30)24-23-25(31)19-15-17(2)5-8-21(19)35-26(23)27(32)29(24)10-4-9-28-11-13-33-14-12-28/h5-8,15-16,24,30H,3-4,9-14H2,1-2H3/t24-/m1/s1. The van der Waals surface area contributed by atoms with Crippen molar-refractivity contribution in [3.8, 4) is 11.5 Å². The van der Waals surface area contributed by atoms with Crippen molar-refractivity contribution in [2.24, 2.45) is 0 Å². The molecule has 1 fully saturated rings. The summed E-state index contributed by atoms with van der Waals surface area (Å²) >= 11 is 0. The number of carbonyl (C=O) groups excluding carboxylic acids is 1. The Kier molecular flexibility index (Phi) is 6.49. The van der Waals surface area contributed by atoms with E-state index in [-0.39, 0.29) is 22.8 Å². The maximum atomic E-state index is 13.7. The Morgan fingerprint density at radius 3 is 2.66 bits per heavy atom. The molecule has 35 heavy (non-hydrogen) atoms. The van der Waals surface area contributed by atoms with E-state index >= 15 is 0 Å². The number of aryl methyl sites for hydroxylation is 1. The van der Waals surface area contributed by atoms with Crippen molar-refractivity contribution in [1.29, 1.82) is 0 Å². The van der Waals surface area contributed by atoms with Gasteiger partial charge < -0.3 is 23.9 Å². The summed E-state index contributed by atoms with van der Waals surface area (Å²) < 4.78 is 17.1. The molecule has 1 amide bonds. The van der Waals surface area contributed by atoms with E-state index in [1.807, 2.05) is 19.9 Å². The third-order valence-electron chi connectivity index (χ3n) is 6.70. The van der Waals surface area contributed by atoms with Gasteiger partial charge in [0.2, 0.25) is 5.76 Å². The van der Waals surface area contributed by atoms with Gasteiger partial charge in [0.05, 0.1) is 36.8 Å². The molecule has 0 unspecified atom stereocenters. The highest BCUT2D eigenvalue weighted by molar-refractivity contribution is 5.99. The van der Waals surface area contributed by atoms with Gasteiger partial charge in [-0.25, -0.2) is 0 Å². The minimum Gasteiger partial charge on any atom is -0.504 e. The van der Waals surface area contributed by atoms with E-state index < -0.39 is 6.04 Å². The molecular weight excluding hydrogens is 448 g/mol. The second kappa shape index (κ2) is 9.71. The molecule has 0 radical (unpaired) electrons. The van der Waals surface area contributed by atoms with Crippen molar-refractivity contribution in [3.63, 3.8) is 0 Å². The van der Waals surface area contributed by atoms with Crippen LogP contribution in [0.4, 0.5) is 0 Å². The van der Waals surface area contributed by atoms with E-state index in [1.165, 1.54) is 0 Å². The molecule has 2 aliphatic heterocycles. The van der Waals surface area contributed by atoms with Gasteiger partial charge in [-0.1, -0.05) is 17.7 Å². The number of phenols is 1. The lowest BCUT2D eigenvalue weighted by Crippen LogP contribution is -2.38. The van der Waals surface area contributed by atoms with Crippen LogP contribution in [0.5, 0.6) is 11.5 Å². The Morgan fingerprint density at radius 2 is 1.89 bits per heavy atom. The first kappa shape index (κ1) is 23.4. The zero-order valence-electron chi connectivity index (χ0n) is 20.1. The predicted octanol–water partition coefficient (Wildman–Crippen LogP) is 3.47. The summed E-state index contributed by atoms with van der Waals surface area (Å²) in [4.78, 5) is 31.3. The van der Waals surface area contributed by atoms with Crippen molar-refractivity contribution in [1.82, 2.24) is 9.80 Å². The molecule has 184 valence electrons. The van der Waals surface area contributed by atoms with Crippen molar-refractivity contribution in [2.75, 3.05) is 46.0 Å². The van der Waals surface area contributed by atoms with Crippen LogP contribution >= 0.6 is 0 Å². The second-order valence-electron chi connectivity index (χ2n) is 9.04. The van der Waals surface area contributed by atoms with E-state index in [2.05, 4.69) is 4.90 Å². The van der Waals surface area contributed by atoms with E-state index in [1.54, 1.807) is 35.2 Å². The van der Waals surface area contributed by atoms with Gasteiger partial charge in [0, 0.05) is 26.2 Å². The third-order valence-corrected chi connectivity index (χ3v) is 6.70. The molecule has 8 heteroatoms. The molecule has 1 N–H and O–H groups in total. The number of rotatable bonds is 7. The molecule has 5 rings (SSSR count). The zero-order valence-corrected chi connectivity index (χ0v) is 20.1. The Bertz CT molecular complexity index is 1310. The molecular formula is C27H30N2O6. The number of carbonyl (C=O) groups is 1. The Balaban J connectivity index is 1.56. The predicted molar refractivity (Wildman–Crippen MR) is 131 cm³/mol. The number of morpholine rings is 1. The highest BCUT2D eigenvalue weighted by Gasteiger charge is 2.42. The summed E-state index contributed by atoms with van der Waals surface area (Å²) in [5, 5.41) is 10.7. The van der Waals surface area contributed by atoms with Gasteiger partial charge in [0.1, 0.15) is 5.58 Å². The normalized spacial score (nSPS) is 18.3. The van der Waals surface area contributed by atoms with Crippen LogP contribution in [0.1, 0.15) is 46.6 Å². The van der Waals surface area contributed by atoms with Gasteiger partial charge >= 0.3 is 0 Å². The van der Waals surface area contributed by atoms with Crippen molar-refractivity contribution >= 4 is 16.9 Å². The molecule has 0 aliphatic carbocycles. The summed E-state index contributed by atoms with van der Waals surface area (Å²) in [5.74, 6) is 0.131. The smallest absolute Gasteiger partial charge is 0.290 e. The molecule has 3 heterocycles. The minimum atomic E-state index is -0.622. The van der Waals surface area contributed by atoms with Crippen LogP contribution in [0.3, 0.4) is 0 Å². The lowest BCUT2D eigenvalue weighted by Gasteiger charge is -2.29. The van der Waals surface area contributed by atoms with Crippen LogP contribution in [0.15, 0.2) is 45.6 Å². The SMILES string of the molecule is CCOc1cc([C@@H]2c3c(oc4ccc(C)cc4c3=O)C(=O)N2CCCN2CCOCC2)ccc1O. The van der Waals surface area contributed by atoms with Gasteiger partial charge in [-0.2, -0.15) is 0 Å². The minimum absolute atomic E-state index is 0.0141. The fourth-order valence-corrected chi connectivity index (χ4v) is 4.97. The summed E-state index contributed by atoms with van der Waals surface area (Å²) in [6.45, 7) is 8.61.